The topological polar surface area (TPSA) is 253 Å². The Morgan fingerprint density at radius 3 is 2.80 bits per heavy atom. The van der Waals surface area contributed by atoms with Crippen molar-refractivity contribution in [3.63, 3.8) is 0 Å². The molecule has 2 amide bonds. The van der Waals surface area contributed by atoms with Gasteiger partial charge in [0, 0.05) is 35.2 Å². The molecule has 1 saturated heterocycles. The molecule has 6 N–H and O–H groups in total. The number of aliphatic carboxylic acids is 1. The zero-order valence-corrected chi connectivity index (χ0v) is 25.1. The smallest absolute Gasteiger partial charge is 0.352 e. The van der Waals surface area contributed by atoms with Crippen LogP contribution in [0.4, 0.5) is 5.13 Å². The van der Waals surface area contributed by atoms with Crippen LogP contribution in [0.3, 0.4) is 0 Å². The number of thioether (sulfide) groups is 2. The number of carboxylic acids is 1. The Morgan fingerprint density at radius 2 is 2.11 bits per heavy atom. The van der Waals surface area contributed by atoms with Gasteiger partial charge in [-0.15, -0.1) is 28.2 Å². The number of carbonyl (C=O) groups excluding carboxylic acids is 2. The lowest BCUT2D eigenvalue weighted by Gasteiger charge is -2.49. The molecule has 5 rings (SSSR count). The van der Waals surface area contributed by atoms with E-state index in [1.54, 1.807) is 0 Å². The molecule has 2 atom stereocenters. The number of aromatic nitrogens is 6. The van der Waals surface area contributed by atoms with E-state index in [2.05, 4.69) is 31.0 Å². The number of hydrogen-bond donors (Lipinski definition) is 5. The first kappa shape index (κ1) is 31.0. The minimum Gasteiger partial charge on any atom is -0.503 e. The minimum atomic E-state index is -1.29. The van der Waals surface area contributed by atoms with E-state index in [4.69, 9.17) is 10.6 Å². The predicted molar refractivity (Wildman–Crippen MR) is 157 cm³/mol. The molecule has 0 aromatic carbocycles. The van der Waals surface area contributed by atoms with Crippen LogP contribution in [-0.4, -0.2) is 104 Å². The molecule has 0 radical (unpaired) electrons. The first-order chi connectivity index (χ1) is 21.1. The molecule has 3 aromatic heterocycles. The van der Waals surface area contributed by atoms with E-state index in [9.17, 15) is 34.5 Å². The van der Waals surface area contributed by atoms with Crippen LogP contribution in [0.25, 0.3) is 0 Å². The monoisotopic (exact) mass is 664 g/mol. The standard InChI is InChI=1S/C23H24N10O8S3/c1-41-28-15(12-9-43-22(24)25-12)18(37)26-16-19(38)33-17(21(39)40)10(7-42-20(16)33)8-44-23-27-29-30-32(23)3-2-31-5-14(36)13(35)4-11(31)6-34/h4-5,9,16,20,34,36H,2-3,6-8H2,1H3,(H2,24,25)(H,26,37)(H,39,40)/b28-15-/t16-,20+/m1/s1. The van der Waals surface area contributed by atoms with Crippen LogP contribution >= 0.6 is 34.9 Å². The molecule has 0 saturated carbocycles. The number of carboxylic acid groups (broad SMARTS) is 1. The average molecular weight is 665 g/mol. The molecule has 3 aromatic rings. The van der Waals surface area contributed by atoms with Crippen molar-refractivity contribution in [2.75, 3.05) is 24.3 Å². The number of oxime groups is 1. The number of anilines is 1. The summed E-state index contributed by atoms with van der Waals surface area (Å²) in [6.45, 7) is 0.00520. The molecular weight excluding hydrogens is 641 g/mol. The number of nitrogen functional groups attached to an aromatic ring is 1. The summed E-state index contributed by atoms with van der Waals surface area (Å²) >= 11 is 3.55. The normalized spacial score (nSPS) is 18.2. The maximum Gasteiger partial charge on any atom is 0.352 e. The summed E-state index contributed by atoms with van der Waals surface area (Å²) in [6, 6.07) is 0.132. The SMILES string of the molecule is CO/N=C(\C(=O)N[C@@H]1C(=O)N2C(C(=O)O)=C(CSc3nnnn3CCn3cc(O)c(=O)cc3CO)CS[C@@H]12)c1csc(N)n1. The molecule has 21 heteroatoms. The Kier molecular flexibility index (Phi) is 9.17. The largest absolute Gasteiger partial charge is 0.503 e. The number of nitrogens with two attached hydrogens (primary N) is 1. The average Bonchev–Trinajstić information content (AvgIpc) is 3.65. The van der Waals surface area contributed by atoms with E-state index in [0.717, 1.165) is 34.1 Å². The van der Waals surface area contributed by atoms with Gasteiger partial charge in [0.1, 0.15) is 29.9 Å². The number of amides is 2. The lowest BCUT2D eigenvalue weighted by molar-refractivity contribution is -0.150. The molecular formula is C23H24N10O8S3. The molecule has 44 heavy (non-hydrogen) atoms. The first-order valence-electron chi connectivity index (χ1n) is 12.6. The number of rotatable bonds is 12. The summed E-state index contributed by atoms with van der Waals surface area (Å²) in [4.78, 5) is 59.9. The van der Waals surface area contributed by atoms with Gasteiger partial charge in [-0.1, -0.05) is 16.9 Å². The van der Waals surface area contributed by atoms with Gasteiger partial charge in [-0.3, -0.25) is 19.3 Å². The highest BCUT2D eigenvalue weighted by atomic mass is 32.2. The molecule has 0 spiro atoms. The third-order valence-electron chi connectivity index (χ3n) is 6.49. The molecule has 1 fully saturated rings. The van der Waals surface area contributed by atoms with Crippen LogP contribution in [0.5, 0.6) is 5.75 Å². The highest BCUT2D eigenvalue weighted by molar-refractivity contribution is 8.01. The molecule has 232 valence electrons. The van der Waals surface area contributed by atoms with E-state index in [-0.39, 0.29) is 46.8 Å². The van der Waals surface area contributed by atoms with Gasteiger partial charge < -0.3 is 35.8 Å². The number of pyridine rings is 1. The Hall–Kier alpha value is -4.47. The van der Waals surface area contributed by atoms with E-state index in [1.807, 2.05) is 0 Å². The van der Waals surface area contributed by atoms with Crippen molar-refractivity contribution >= 4 is 63.5 Å². The third-order valence-corrected chi connectivity index (χ3v) is 9.54. The number of aromatic hydroxyl groups is 1. The van der Waals surface area contributed by atoms with Gasteiger partial charge in [0.15, 0.2) is 16.6 Å². The fourth-order valence-corrected chi connectivity index (χ4v) is 7.37. The summed E-state index contributed by atoms with van der Waals surface area (Å²) in [7, 11) is 1.25. The number of nitrogens with zero attached hydrogens (tertiary/aromatic N) is 8. The van der Waals surface area contributed by atoms with Crippen LogP contribution in [0.15, 0.2) is 44.0 Å². The summed E-state index contributed by atoms with van der Waals surface area (Å²) in [5, 5.41) is 48.7. The lowest BCUT2D eigenvalue weighted by Crippen LogP contribution is -2.71. The van der Waals surface area contributed by atoms with Crippen molar-refractivity contribution in [3.8, 4) is 5.75 Å². The van der Waals surface area contributed by atoms with Crippen molar-refractivity contribution < 1.29 is 34.5 Å². The molecule has 5 heterocycles. The highest BCUT2D eigenvalue weighted by Crippen LogP contribution is 2.41. The van der Waals surface area contributed by atoms with Gasteiger partial charge in [-0.05, 0) is 16.0 Å². The number of tetrazole rings is 1. The number of thiazole rings is 1. The number of β-lactam (4-membered cyclic amide) rings is 1. The van der Waals surface area contributed by atoms with Gasteiger partial charge in [-0.2, -0.15) is 0 Å². The maximum absolute atomic E-state index is 13.1. The Labute approximate surface area is 259 Å². The predicted octanol–water partition coefficient (Wildman–Crippen LogP) is -1.35. The number of fused-ring (bicyclic) bond motifs is 1. The van der Waals surface area contributed by atoms with Crippen LogP contribution in [-0.2, 0) is 38.9 Å². The van der Waals surface area contributed by atoms with Crippen LogP contribution in [0.2, 0.25) is 0 Å². The summed E-state index contributed by atoms with van der Waals surface area (Å²) in [5.41, 5.74) is 5.62. The molecule has 2 aliphatic rings. The van der Waals surface area contributed by atoms with Gasteiger partial charge in [0.2, 0.25) is 10.6 Å². The second kappa shape index (κ2) is 13.0. The van der Waals surface area contributed by atoms with Gasteiger partial charge in [0.05, 0.1) is 19.3 Å². The number of hydrogen-bond acceptors (Lipinski definition) is 16. The van der Waals surface area contributed by atoms with Gasteiger partial charge >= 0.3 is 5.97 Å². The van der Waals surface area contributed by atoms with E-state index in [1.165, 1.54) is 39.7 Å². The molecule has 18 nitrogen and oxygen atoms in total. The number of aliphatic hydroxyl groups excluding tert-OH is 1. The third kappa shape index (κ3) is 6.11. The van der Waals surface area contributed by atoms with Gasteiger partial charge in [-0.25, -0.2) is 14.5 Å². The molecule has 0 unspecified atom stereocenters. The number of aryl methyl sites for hydroxylation is 2. The molecule has 0 bridgehead atoms. The Bertz CT molecular complexity index is 1730. The zero-order valence-electron chi connectivity index (χ0n) is 22.7. The first-order valence-corrected chi connectivity index (χ1v) is 15.5. The van der Waals surface area contributed by atoms with E-state index < -0.39 is 47.0 Å². The van der Waals surface area contributed by atoms with Gasteiger partial charge in [0.25, 0.3) is 11.8 Å². The van der Waals surface area contributed by atoms with Crippen molar-refractivity contribution in [3.05, 3.63) is 50.5 Å². The number of carbonyl (C=O) groups is 3. The maximum atomic E-state index is 13.1. The molecule has 0 aliphatic carbocycles. The molecule has 2 aliphatic heterocycles. The quantitative estimate of drug-likeness (QED) is 0.0650. The second-order valence-corrected chi connectivity index (χ2v) is 12.1. The Morgan fingerprint density at radius 1 is 1.32 bits per heavy atom. The van der Waals surface area contributed by atoms with Crippen LogP contribution in [0, 0.1) is 0 Å². The van der Waals surface area contributed by atoms with Crippen molar-refractivity contribution in [2.45, 2.75) is 36.3 Å². The number of aliphatic hydroxyl groups is 1. The fourth-order valence-electron chi connectivity index (χ4n) is 4.44. The second-order valence-electron chi connectivity index (χ2n) is 9.15. The van der Waals surface area contributed by atoms with Crippen LogP contribution in [0.1, 0.15) is 11.4 Å². The van der Waals surface area contributed by atoms with Crippen molar-refractivity contribution in [1.29, 1.82) is 0 Å². The highest BCUT2D eigenvalue weighted by Gasteiger charge is 2.54. The van der Waals surface area contributed by atoms with Crippen molar-refractivity contribution in [2.24, 2.45) is 5.16 Å². The van der Waals surface area contributed by atoms with Crippen LogP contribution < -0.4 is 16.5 Å². The summed E-state index contributed by atoms with van der Waals surface area (Å²) in [6.07, 6.45) is 1.21. The Balaban J connectivity index is 1.26. The van der Waals surface area contributed by atoms with E-state index in [0.29, 0.717) is 16.4 Å². The van der Waals surface area contributed by atoms with E-state index >= 15 is 0 Å². The summed E-state index contributed by atoms with van der Waals surface area (Å²) in [5.74, 6) is -2.68. The minimum absolute atomic E-state index is 0.152. The van der Waals surface area contributed by atoms with Crippen molar-refractivity contribution in [1.82, 2.24) is 40.0 Å². The fraction of sp³-hybridized carbons (Fsp3) is 0.348. The summed E-state index contributed by atoms with van der Waals surface area (Å²) < 4.78 is 2.95. The lowest BCUT2D eigenvalue weighted by atomic mass is 10.0. The number of nitrogens with one attached hydrogen (secondary N) is 1. The zero-order chi connectivity index (χ0) is 31.5.